The van der Waals surface area contributed by atoms with Crippen LogP contribution in [0.3, 0.4) is 0 Å². The summed E-state index contributed by atoms with van der Waals surface area (Å²) in [6, 6.07) is 3.61. The Hall–Kier alpha value is -2.09. The first-order valence-electron chi connectivity index (χ1n) is 8.98. The van der Waals surface area contributed by atoms with Gasteiger partial charge in [-0.15, -0.1) is 0 Å². The third kappa shape index (κ3) is 2.56. The molecule has 4 aliphatic rings. The van der Waals surface area contributed by atoms with Crippen molar-refractivity contribution in [1.29, 1.82) is 0 Å². The predicted molar refractivity (Wildman–Crippen MR) is 93.9 cm³/mol. The van der Waals surface area contributed by atoms with Crippen molar-refractivity contribution in [3.8, 4) is 0 Å². The molecular weight excluding hydrogens is 370 g/mol. The van der Waals surface area contributed by atoms with Crippen molar-refractivity contribution in [3.05, 3.63) is 23.9 Å². The molecule has 8 heteroatoms. The standard InChI is InChI=1S/C19H22NO6S/c1-24-17(21)11-5-4-8-20-14-9-6-7-10(15(14)27-16(11)20)13(19(23)26-3)12(9)18(22)25-2/h4-5,8-10,12-15H,6-7H2,1-3H3/q+1/t9-,10-,12-,13-,14-,15+/m0/s1. The van der Waals surface area contributed by atoms with Crippen molar-refractivity contribution in [3.63, 3.8) is 0 Å². The summed E-state index contributed by atoms with van der Waals surface area (Å²) in [5.74, 6) is -2.17. The number of fused-ring (bicyclic) bond motifs is 3. The number of thioether (sulfide) groups is 1. The first-order chi connectivity index (χ1) is 13.0. The molecule has 0 radical (unpaired) electrons. The van der Waals surface area contributed by atoms with E-state index in [0.717, 1.165) is 17.9 Å². The number of esters is 3. The Morgan fingerprint density at radius 2 is 1.63 bits per heavy atom. The van der Waals surface area contributed by atoms with Crippen LogP contribution in [0.5, 0.6) is 0 Å². The molecule has 0 N–H and O–H groups in total. The van der Waals surface area contributed by atoms with Gasteiger partial charge in [0.2, 0.25) is 0 Å². The Balaban J connectivity index is 1.80. The van der Waals surface area contributed by atoms with E-state index in [9.17, 15) is 14.4 Å². The molecule has 0 unspecified atom stereocenters. The molecule has 3 saturated carbocycles. The number of hydrogen-bond acceptors (Lipinski definition) is 7. The smallest absolute Gasteiger partial charge is 0.345 e. The van der Waals surface area contributed by atoms with Gasteiger partial charge in [-0.1, -0.05) is 0 Å². The summed E-state index contributed by atoms with van der Waals surface area (Å²) < 4.78 is 17.1. The lowest BCUT2D eigenvalue weighted by Gasteiger charge is -2.49. The monoisotopic (exact) mass is 392 g/mol. The zero-order chi connectivity index (χ0) is 19.3. The second kappa shape index (κ2) is 6.82. The van der Waals surface area contributed by atoms with E-state index in [1.165, 1.54) is 21.3 Å². The van der Waals surface area contributed by atoms with Crippen molar-refractivity contribution >= 4 is 29.7 Å². The fourth-order valence-electron chi connectivity index (χ4n) is 5.23. The van der Waals surface area contributed by atoms with Gasteiger partial charge in [0.05, 0.1) is 38.4 Å². The molecule has 2 bridgehead atoms. The van der Waals surface area contributed by atoms with E-state index in [0.29, 0.717) is 5.56 Å². The van der Waals surface area contributed by atoms with E-state index in [-0.39, 0.29) is 41.0 Å². The van der Waals surface area contributed by atoms with E-state index in [1.807, 2.05) is 12.3 Å². The van der Waals surface area contributed by atoms with Crippen molar-refractivity contribution < 1.29 is 33.2 Å². The molecule has 144 valence electrons. The quantitative estimate of drug-likeness (QED) is 0.437. The maximum atomic E-state index is 12.6. The zero-order valence-corrected chi connectivity index (χ0v) is 16.2. The number of methoxy groups -OCH3 is 3. The number of pyridine rings is 1. The minimum atomic E-state index is -0.525. The third-order valence-corrected chi connectivity index (χ3v) is 7.79. The van der Waals surface area contributed by atoms with Gasteiger partial charge >= 0.3 is 17.9 Å². The van der Waals surface area contributed by atoms with Crippen LogP contribution in [0.4, 0.5) is 0 Å². The molecule has 3 fully saturated rings. The van der Waals surface area contributed by atoms with Crippen LogP contribution in [0, 0.1) is 23.7 Å². The SMILES string of the molecule is COC(=O)c1ccc[n+]2c1S[C@@H]1[C@H]3CC[C@@H]([C@H](C(=O)OC)[C@H]3C(=O)OC)[C@@H]12. The highest BCUT2D eigenvalue weighted by atomic mass is 32.2. The van der Waals surface area contributed by atoms with Gasteiger partial charge in [0.1, 0.15) is 5.56 Å². The topological polar surface area (TPSA) is 82.8 Å². The summed E-state index contributed by atoms with van der Waals surface area (Å²) in [4.78, 5) is 37.3. The molecule has 27 heavy (non-hydrogen) atoms. The number of nitrogens with zero attached hydrogens (tertiary/aromatic N) is 1. The zero-order valence-electron chi connectivity index (χ0n) is 15.4. The molecule has 5 rings (SSSR count). The average Bonchev–Trinajstić information content (AvgIpc) is 3.12. The number of rotatable bonds is 3. The first kappa shape index (κ1) is 18.3. The van der Waals surface area contributed by atoms with Gasteiger partial charge in [0.25, 0.3) is 5.03 Å². The second-order valence-corrected chi connectivity index (χ2v) is 8.37. The summed E-state index contributed by atoms with van der Waals surface area (Å²) in [5, 5.41) is 0.949. The molecular formula is C19H22NO6S+. The van der Waals surface area contributed by atoms with Crippen LogP contribution in [0.25, 0.3) is 0 Å². The Labute approximate surface area is 161 Å². The molecule has 1 aromatic heterocycles. The van der Waals surface area contributed by atoms with E-state index in [2.05, 4.69) is 4.57 Å². The third-order valence-electron chi connectivity index (χ3n) is 6.24. The van der Waals surface area contributed by atoms with Crippen LogP contribution in [0.15, 0.2) is 23.4 Å². The molecule has 0 spiro atoms. The van der Waals surface area contributed by atoms with Crippen LogP contribution < -0.4 is 4.57 Å². The molecule has 3 aliphatic carbocycles. The number of carbonyl (C=O) groups is 3. The maximum absolute atomic E-state index is 12.6. The predicted octanol–water partition coefficient (Wildman–Crippen LogP) is 1.39. The van der Waals surface area contributed by atoms with Gasteiger partial charge in [-0.2, -0.15) is 4.57 Å². The largest absolute Gasteiger partial charge is 0.469 e. The molecule has 0 amide bonds. The number of hydrogen-bond donors (Lipinski definition) is 0. The van der Waals surface area contributed by atoms with Gasteiger partial charge in [-0.25, -0.2) is 4.79 Å². The molecule has 2 heterocycles. The minimum absolute atomic E-state index is 0.00746. The lowest BCUT2D eigenvalue weighted by Crippen LogP contribution is -2.61. The van der Waals surface area contributed by atoms with Crippen molar-refractivity contribution in [2.75, 3.05) is 21.3 Å². The van der Waals surface area contributed by atoms with E-state index < -0.39 is 11.8 Å². The van der Waals surface area contributed by atoms with Crippen molar-refractivity contribution in [1.82, 2.24) is 0 Å². The Bertz CT molecular complexity index is 811. The Kier molecular flexibility index (Phi) is 4.61. The van der Waals surface area contributed by atoms with Gasteiger partial charge < -0.3 is 14.2 Å². The van der Waals surface area contributed by atoms with Crippen molar-refractivity contribution in [2.24, 2.45) is 23.7 Å². The first-order valence-corrected chi connectivity index (χ1v) is 9.86. The Morgan fingerprint density at radius 3 is 2.26 bits per heavy atom. The average molecular weight is 392 g/mol. The fraction of sp³-hybridized carbons (Fsp3) is 0.579. The van der Waals surface area contributed by atoms with Gasteiger partial charge in [-0.05, 0) is 36.6 Å². The number of carbonyl (C=O) groups excluding carboxylic acids is 3. The summed E-state index contributed by atoms with van der Waals surface area (Å²) in [5.41, 5.74) is 0.517. The van der Waals surface area contributed by atoms with Crippen LogP contribution in [-0.4, -0.2) is 44.5 Å². The van der Waals surface area contributed by atoms with Crippen LogP contribution in [0.1, 0.15) is 29.2 Å². The van der Waals surface area contributed by atoms with Gasteiger partial charge in [0, 0.05) is 12.0 Å². The Morgan fingerprint density at radius 1 is 1.00 bits per heavy atom. The highest BCUT2D eigenvalue weighted by Crippen LogP contribution is 2.60. The van der Waals surface area contributed by atoms with E-state index >= 15 is 0 Å². The molecule has 0 aromatic carbocycles. The van der Waals surface area contributed by atoms with E-state index in [1.54, 1.807) is 17.8 Å². The van der Waals surface area contributed by atoms with Crippen molar-refractivity contribution in [2.45, 2.75) is 29.2 Å². The lowest BCUT2D eigenvalue weighted by atomic mass is 9.56. The molecule has 0 saturated heterocycles. The summed E-state index contributed by atoms with van der Waals surface area (Å²) in [6.45, 7) is 0. The summed E-state index contributed by atoms with van der Waals surface area (Å²) in [7, 11) is 4.08. The fourth-order valence-corrected chi connectivity index (χ4v) is 7.02. The number of ether oxygens (including phenoxy) is 3. The van der Waals surface area contributed by atoms with Crippen LogP contribution >= 0.6 is 11.8 Å². The summed E-state index contributed by atoms with van der Waals surface area (Å²) in [6.07, 6.45) is 3.64. The highest BCUT2D eigenvalue weighted by Gasteiger charge is 2.66. The molecule has 6 atom stereocenters. The summed E-state index contributed by atoms with van der Waals surface area (Å²) >= 11 is 1.61. The minimum Gasteiger partial charge on any atom is -0.469 e. The van der Waals surface area contributed by atoms with Gasteiger partial charge in [-0.3, -0.25) is 9.59 Å². The highest BCUT2D eigenvalue weighted by molar-refractivity contribution is 8.00. The van der Waals surface area contributed by atoms with Crippen LogP contribution in [-0.2, 0) is 23.8 Å². The lowest BCUT2D eigenvalue weighted by molar-refractivity contribution is -0.762. The molecule has 1 aliphatic heterocycles. The molecule has 1 aromatic rings. The number of aromatic nitrogens is 1. The van der Waals surface area contributed by atoms with E-state index in [4.69, 9.17) is 14.2 Å². The maximum Gasteiger partial charge on any atom is 0.345 e. The van der Waals surface area contributed by atoms with Crippen LogP contribution in [0.2, 0.25) is 0 Å². The normalized spacial score (nSPS) is 33.0. The molecule has 7 nitrogen and oxygen atoms in total. The van der Waals surface area contributed by atoms with Gasteiger partial charge in [0.15, 0.2) is 12.2 Å². The second-order valence-electron chi connectivity index (χ2n) is 7.20.